The van der Waals surface area contributed by atoms with Gasteiger partial charge in [0.1, 0.15) is 0 Å². The van der Waals surface area contributed by atoms with Gasteiger partial charge in [-0.25, -0.2) is 0 Å². The zero-order valence-electron chi connectivity index (χ0n) is 9.17. The standard InChI is InChI=1S/C12H11F3N2/c1-2-8-7-16-17-11(8)9-3-5-10(6-4-9)12(13,14)15/h3-7H,2H2,1H3,(H,16,17). The van der Waals surface area contributed by atoms with Gasteiger partial charge in [0.05, 0.1) is 17.5 Å². The van der Waals surface area contributed by atoms with E-state index in [1.165, 1.54) is 12.1 Å². The molecule has 0 radical (unpaired) electrons. The van der Waals surface area contributed by atoms with Crippen LogP contribution in [0.4, 0.5) is 13.2 Å². The average Bonchev–Trinajstić information content (AvgIpc) is 2.76. The average molecular weight is 240 g/mol. The second-order valence-electron chi connectivity index (χ2n) is 3.70. The number of hydrogen-bond acceptors (Lipinski definition) is 1. The Morgan fingerprint density at radius 3 is 2.35 bits per heavy atom. The molecule has 1 heterocycles. The van der Waals surface area contributed by atoms with Crippen LogP contribution in [-0.2, 0) is 12.6 Å². The molecule has 0 saturated carbocycles. The highest BCUT2D eigenvalue weighted by Crippen LogP contribution is 2.31. The van der Waals surface area contributed by atoms with Gasteiger partial charge in [0.25, 0.3) is 0 Å². The lowest BCUT2D eigenvalue weighted by atomic mass is 10.0. The first kappa shape index (κ1) is 11.7. The van der Waals surface area contributed by atoms with Crippen LogP contribution < -0.4 is 0 Å². The zero-order chi connectivity index (χ0) is 12.5. The molecule has 17 heavy (non-hydrogen) atoms. The molecule has 90 valence electrons. The number of aryl methyl sites for hydroxylation is 1. The molecule has 1 N–H and O–H groups in total. The maximum absolute atomic E-state index is 12.4. The summed E-state index contributed by atoms with van der Waals surface area (Å²) >= 11 is 0. The van der Waals surface area contributed by atoms with E-state index in [2.05, 4.69) is 10.2 Å². The summed E-state index contributed by atoms with van der Waals surface area (Å²) in [5.41, 5.74) is 1.84. The van der Waals surface area contributed by atoms with Crippen LogP contribution in [0, 0.1) is 0 Å². The minimum absolute atomic E-state index is 0.640. The van der Waals surface area contributed by atoms with Crippen molar-refractivity contribution in [1.82, 2.24) is 10.2 Å². The van der Waals surface area contributed by atoms with Gasteiger partial charge in [-0.1, -0.05) is 19.1 Å². The van der Waals surface area contributed by atoms with Crippen LogP contribution in [0.15, 0.2) is 30.5 Å². The van der Waals surface area contributed by atoms with E-state index in [-0.39, 0.29) is 0 Å². The Hall–Kier alpha value is -1.78. The van der Waals surface area contributed by atoms with Crippen LogP contribution >= 0.6 is 0 Å². The summed E-state index contributed by atoms with van der Waals surface area (Å²) in [5, 5.41) is 6.69. The van der Waals surface area contributed by atoms with E-state index in [9.17, 15) is 13.2 Å². The molecule has 0 spiro atoms. The molecular formula is C12H11F3N2. The van der Waals surface area contributed by atoms with Gasteiger partial charge >= 0.3 is 6.18 Å². The highest BCUT2D eigenvalue weighted by atomic mass is 19.4. The molecule has 0 fully saturated rings. The first-order valence-corrected chi connectivity index (χ1v) is 5.22. The number of nitrogens with zero attached hydrogens (tertiary/aromatic N) is 1. The predicted octanol–water partition coefficient (Wildman–Crippen LogP) is 3.66. The van der Waals surface area contributed by atoms with Gasteiger partial charge < -0.3 is 0 Å². The molecule has 2 nitrogen and oxygen atoms in total. The van der Waals surface area contributed by atoms with Gasteiger partial charge in [-0.05, 0) is 29.7 Å². The van der Waals surface area contributed by atoms with E-state index < -0.39 is 11.7 Å². The zero-order valence-corrected chi connectivity index (χ0v) is 9.17. The number of alkyl halides is 3. The van der Waals surface area contributed by atoms with Crippen molar-refractivity contribution in [3.63, 3.8) is 0 Å². The van der Waals surface area contributed by atoms with Crippen molar-refractivity contribution in [2.45, 2.75) is 19.5 Å². The number of H-pyrrole nitrogens is 1. The van der Waals surface area contributed by atoms with Gasteiger partial charge in [-0.15, -0.1) is 0 Å². The molecule has 0 unspecified atom stereocenters. The molecule has 0 aliphatic carbocycles. The molecule has 0 aliphatic rings. The predicted molar refractivity (Wildman–Crippen MR) is 58.4 cm³/mol. The van der Waals surface area contributed by atoms with E-state index in [1.807, 2.05) is 6.92 Å². The summed E-state index contributed by atoms with van der Waals surface area (Å²) in [5.74, 6) is 0. The smallest absolute Gasteiger partial charge is 0.278 e. The van der Waals surface area contributed by atoms with E-state index >= 15 is 0 Å². The van der Waals surface area contributed by atoms with Gasteiger partial charge in [-0.3, -0.25) is 5.10 Å². The number of rotatable bonds is 2. The van der Waals surface area contributed by atoms with Crippen LogP contribution in [0.1, 0.15) is 18.1 Å². The first-order chi connectivity index (χ1) is 8.02. The van der Waals surface area contributed by atoms with Crippen LogP contribution in [-0.4, -0.2) is 10.2 Å². The quantitative estimate of drug-likeness (QED) is 0.852. The highest BCUT2D eigenvalue weighted by Gasteiger charge is 2.30. The molecule has 0 atom stereocenters. The van der Waals surface area contributed by atoms with Crippen LogP contribution in [0.3, 0.4) is 0 Å². The van der Waals surface area contributed by atoms with Crippen molar-refractivity contribution in [2.24, 2.45) is 0 Å². The summed E-state index contributed by atoms with van der Waals surface area (Å²) in [6, 6.07) is 5.07. The number of aromatic amines is 1. The molecule has 1 aromatic heterocycles. The molecule has 0 saturated heterocycles. The number of nitrogens with one attached hydrogen (secondary N) is 1. The van der Waals surface area contributed by atoms with Crippen LogP contribution in [0.5, 0.6) is 0 Å². The molecule has 0 bridgehead atoms. The van der Waals surface area contributed by atoms with Gasteiger partial charge in [0.2, 0.25) is 0 Å². The number of halogens is 3. The third kappa shape index (κ3) is 2.33. The Morgan fingerprint density at radius 2 is 1.82 bits per heavy atom. The van der Waals surface area contributed by atoms with E-state index in [0.717, 1.165) is 29.8 Å². The largest absolute Gasteiger partial charge is 0.416 e. The summed E-state index contributed by atoms with van der Waals surface area (Å²) in [6.07, 6.45) is -1.82. The molecule has 0 aliphatic heterocycles. The fourth-order valence-electron chi connectivity index (χ4n) is 1.65. The monoisotopic (exact) mass is 240 g/mol. The third-order valence-corrected chi connectivity index (χ3v) is 2.60. The molecule has 1 aromatic carbocycles. The van der Waals surface area contributed by atoms with Gasteiger partial charge in [0.15, 0.2) is 0 Å². The lowest BCUT2D eigenvalue weighted by Gasteiger charge is -2.07. The number of benzene rings is 1. The fraction of sp³-hybridized carbons (Fsp3) is 0.250. The maximum Gasteiger partial charge on any atom is 0.416 e. The van der Waals surface area contributed by atoms with Crippen molar-refractivity contribution < 1.29 is 13.2 Å². The Labute approximate surface area is 96.5 Å². The minimum atomic E-state index is -4.29. The molecule has 2 rings (SSSR count). The first-order valence-electron chi connectivity index (χ1n) is 5.22. The van der Waals surface area contributed by atoms with Gasteiger partial charge in [-0.2, -0.15) is 18.3 Å². The van der Waals surface area contributed by atoms with Crippen molar-refractivity contribution in [2.75, 3.05) is 0 Å². The Morgan fingerprint density at radius 1 is 1.18 bits per heavy atom. The minimum Gasteiger partial charge on any atom is -0.278 e. The molecule has 0 amide bonds. The molecule has 5 heteroatoms. The number of aromatic nitrogens is 2. The normalized spacial score (nSPS) is 11.8. The maximum atomic E-state index is 12.4. The van der Waals surface area contributed by atoms with E-state index in [1.54, 1.807) is 6.20 Å². The van der Waals surface area contributed by atoms with E-state index in [0.29, 0.717) is 5.56 Å². The van der Waals surface area contributed by atoms with Crippen LogP contribution in [0.2, 0.25) is 0 Å². The number of hydrogen-bond donors (Lipinski definition) is 1. The highest BCUT2D eigenvalue weighted by molar-refractivity contribution is 5.62. The summed E-state index contributed by atoms with van der Waals surface area (Å²) < 4.78 is 37.2. The fourth-order valence-corrected chi connectivity index (χ4v) is 1.65. The third-order valence-electron chi connectivity index (χ3n) is 2.60. The summed E-state index contributed by atoms with van der Waals surface area (Å²) in [6.45, 7) is 1.97. The van der Waals surface area contributed by atoms with E-state index in [4.69, 9.17) is 0 Å². The molecule has 2 aromatic rings. The van der Waals surface area contributed by atoms with Crippen molar-refractivity contribution >= 4 is 0 Å². The van der Waals surface area contributed by atoms with Crippen molar-refractivity contribution in [3.05, 3.63) is 41.6 Å². The van der Waals surface area contributed by atoms with Gasteiger partial charge in [0, 0.05) is 0 Å². The molecular weight excluding hydrogens is 229 g/mol. The lowest BCUT2D eigenvalue weighted by molar-refractivity contribution is -0.137. The Kier molecular flexibility index (Phi) is 2.92. The van der Waals surface area contributed by atoms with Crippen molar-refractivity contribution in [1.29, 1.82) is 0 Å². The summed E-state index contributed by atoms with van der Waals surface area (Å²) in [7, 11) is 0. The Balaban J connectivity index is 2.36. The second-order valence-corrected chi connectivity index (χ2v) is 3.70. The Bertz CT molecular complexity index is 497. The SMILES string of the molecule is CCc1cn[nH]c1-c1ccc(C(F)(F)F)cc1. The second kappa shape index (κ2) is 4.24. The van der Waals surface area contributed by atoms with Crippen LogP contribution in [0.25, 0.3) is 11.3 Å². The summed E-state index contributed by atoms with van der Waals surface area (Å²) in [4.78, 5) is 0. The lowest BCUT2D eigenvalue weighted by Crippen LogP contribution is -2.04. The van der Waals surface area contributed by atoms with Crippen molar-refractivity contribution in [3.8, 4) is 11.3 Å². The topological polar surface area (TPSA) is 28.7 Å².